The maximum Gasteiger partial charge on any atom is 0.298 e. The Hall–Kier alpha value is -2.34. The number of hydrogen-bond donors (Lipinski definition) is 1. The molecule has 4 fully saturated rings. The van der Waals surface area contributed by atoms with Crippen LogP contribution in [0.15, 0.2) is 12.3 Å². The molecule has 4 unspecified atom stereocenters. The first-order valence-corrected chi connectivity index (χ1v) is 13.7. The first-order valence-electron chi connectivity index (χ1n) is 13.7. The van der Waals surface area contributed by atoms with Crippen molar-refractivity contribution in [2.75, 3.05) is 62.7 Å². The number of ether oxygens (including phenoxy) is 2. The number of rotatable bonds is 3. The molecule has 8 heteroatoms. The second-order valence-corrected chi connectivity index (χ2v) is 11.3. The lowest BCUT2D eigenvalue weighted by Gasteiger charge is -2.50. The molecule has 36 heavy (non-hydrogen) atoms. The van der Waals surface area contributed by atoms with Crippen LogP contribution < -0.4 is 10.2 Å². The molecule has 1 aliphatic carbocycles. The molecule has 5 atom stereocenters. The highest BCUT2D eigenvalue weighted by atomic mass is 16.5. The minimum Gasteiger partial charge on any atom is -0.378 e. The molecular formula is C28H39N5O3. The molecule has 1 amide bonds. The van der Waals surface area contributed by atoms with Crippen molar-refractivity contribution in [3.63, 3.8) is 0 Å². The molecule has 0 radical (unpaired) electrons. The maximum absolute atomic E-state index is 12.1. The maximum atomic E-state index is 12.1. The third-order valence-corrected chi connectivity index (χ3v) is 9.12. The molecule has 1 aromatic heterocycles. The van der Waals surface area contributed by atoms with E-state index in [1.54, 1.807) is 6.92 Å². The number of carbonyl (C=O) groups is 1. The zero-order valence-corrected chi connectivity index (χ0v) is 21.6. The minimum atomic E-state index is -0.0191. The number of nitrogens with zero attached hydrogens (tertiary/aromatic N) is 4. The fraction of sp³-hybridized carbons (Fsp3) is 0.714. The molecule has 6 rings (SSSR count). The van der Waals surface area contributed by atoms with Gasteiger partial charge in [0.15, 0.2) is 0 Å². The predicted octanol–water partition coefficient (Wildman–Crippen LogP) is 2.20. The van der Waals surface area contributed by atoms with E-state index >= 15 is 0 Å². The Kier molecular flexibility index (Phi) is 6.80. The highest BCUT2D eigenvalue weighted by molar-refractivity contribution is 5.93. The van der Waals surface area contributed by atoms with E-state index < -0.39 is 0 Å². The lowest BCUT2D eigenvalue weighted by Crippen LogP contribution is -2.57. The van der Waals surface area contributed by atoms with Crippen molar-refractivity contribution in [1.29, 1.82) is 0 Å². The zero-order valence-electron chi connectivity index (χ0n) is 21.6. The summed E-state index contributed by atoms with van der Waals surface area (Å²) in [6.45, 7) is 12.1. The SMILES string of the molecule is CC#CC(=O)N1CCC(N2CC(C3CC4Nc5nccc(N6CCOCC6)c5COC4[C@@H](C)C3)C2)C1. The number of pyridine rings is 1. The first kappa shape index (κ1) is 24.0. The molecule has 1 N–H and O–H groups in total. The van der Waals surface area contributed by atoms with Crippen molar-refractivity contribution in [3.05, 3.63) is 17.8 Å². The van der Waals surface area contributed by atoms with Gasteiger partial charge in [-0.2, -0.15) is 0 Å². The van der Waals surface area contributed by atoms with E-state index in [9.17, 15) is 4.79 Å². The van der Waals surface area contributed by atoms with Crippen molar-refractivity contribution in [2.24, 2.45) is 17.8 Å². The second-order valence-electron chi connectivity index (χ2n) is 11.3. The summed E-state index contributed by atoms with van der Waals surface area (Å²) < 4.78 is 12.2. The van der Waals surface area contributed by atoms with E-state index in [1.807, 2.05) is 11.1 Å². The van der Waals surface area contributed by atoms with Crippen molar-refractivity contribution in [2.45, 2.75) is 57.9 Å². The average molecular weight is 494 g/mol. The van der Waals surface area contributed by atoms with Gasteiger partial charge in [0.05, 0.1) is 32.0 Å². The van der Waals surface area contributed by atoms with Crippen molar-refractivity contribution in [3.8, 4) is 11.8 Å². The summed E-state index contributed by atoms with van der Waals surface area (Å²) in [6.07, 6.45) is 5.59. The van der Waals surface area contributed by atoms with Gasteiger partial charge in [-0.15, -0.1) is 0 Å². The highest BCUT2D eigenvalue weighted by Gasteiger charge is 2.46. The van der Waals surface area contributed by atoms with Crippen LogP contribution in [-0.4, -0.2) is 91.4 Å². The molecule has 4 aliphatic heterocycles. The van der Waals surface area contributed by atoms with E-state index in [0.717, 1.165) is 77.1 Å². The number of hydrogen-bond acceptors (Lipinski definition) is 7. The number of nitrogens with one attached hydrogen (secondary N) is 1. The van der Waals surface area contributed by atoms with Gasteiger partial charge >= 0.3 is 0 Å². The van der Waals surface area contributed by atoms with Crippen LogP contribution in [0.2, 0.25) is 0 Å². The lowest BCUT2D eigenvalue weighted by atomic mass is 9.69. The lowest BCUT2D eigenvalue weighted by molar-refractivity contribution is -0.124. The summed E-state index contributed by atoms with van der Waals surface area (Å²) in [4.78, 5) is 23.8. The van der Waals surface area contributed by atoms with Crippen LogP contribution in [0.4, 0.5) is 11.5 Å². The van der Waals surface area contributed by atoms with E-state index in [4.69, 9.17) is 14.5 Å². The summed E-state index contributed by atoms with van der Waals surface area (Å²) in [6, 6.07) is 2.92. The second kappa shape index (κ2) is 10.2. The Morgan fingerprint density at radius 1 is 1.14 bits per heavy atom. The molecule has 194 valence electrons. The van der Waals surface area contributed by atoms with Gasteiger partial charge in [-0.05, 0) is 55.9 Å². The molecule has 3 saturated heterocycles. The highest BCUT2D eigenvalue weighted by Crippen LogP contribution is 2.43. The van der Waals surface area contributed by atoms with Gasteiger partial charge in [-0.25, -0.2) is 4.98 Å². The van der Waals surface area contributed by atoms with Gasteiger partial charge < -0.3 is 24.6 Å². The number of morpholine rings is 1. The Labute approximate surface area is 214 Å². The molecule has 1 aromatic rings. The third-order valence-electron chi connectivity index (χ3n) is 9.12. The summed E-state index contributed by atoms with van der Waals surface area (Å²) in [7, 11) is 0. The smallest absolute Gasteiger partial charge is 0.298 e. The van der Waals surface area contributed by atoms with Gasteiger partial charge in [-0.1, -0.05) is 12.8 Å². The van der Waals surface area contributed by atoms with E-state index in [0.29, 0.717) is 30.5 Å². The van der Waals surface area contributed by atoms with Gasteiger partial charge in [0.2, 0.25) is 0 Å². The molecule has 5 heterocycles. The third kappa shape index (κ3) is 4.57. The number of likely N-dealkylation sites (tertiary alicyclic amines) is 2. The number of fused-ring (bicyclic) bond motifs is 2. The zero-order chi connectivity index (χ0) is 24.6. The van der Waals surface area contributed by atoms with Crippen molar-refractivity contribution in [1.82, 2.24) is 14.8 Å². The minimum absolute atomic E-state index is 0.0191. The molecule has 1 saturated carbocycles. The fourth-order valence-corrected chi connectivity index (χ4v) is 7.13. The quantitative estimate of drug-likeness (QED) is 0.648. The average Bonchev–Trinajstić information content (AvgIpc) is 3.25. The summed E-state index contributed by atoms with van der Waals surface area (Å²) in [5.74, 6) is 8.36. The number of amides is 1. The van der Waals surface area contributed by atoms with Gasteiger partial charge in [-0.3, -0.25) is 9.69 Å². The first-order chi connectivity index (χ1) is 17.6. The van der Waals surface area contributed by atoms with Crippen molar-refractivity contribution < 1.29 is 14.3 Å². The van der Waals surface area contributed by atoms with E-state index in [1.165, 1.54) is 17.7 Å². The molecule has 0 bridgehead atoms. The Morgan fingerprint density at radius 3 is 2.78 bits per heavy atom. The fourth-order valence-electron chi connectivity index (χ4n) is 7.13. The van der Waals surface area contributed by atoms with Crippen LogP contribution in [0.1, 0.15) is 38.7 Å². The molecule has 5 aliphatic rings. The van der Waals surface area contributed by atoms with Gasteiger partial charge in [0.1, 0.15) is 5.82 Å². The molecule has 0 spiro atoms. The van der Waals surface area contributed by atoms with Crippen LogP contribution in [-0.2, 0) is 20.9 Å². The summed E-state index contributed by atoms with van der Waals surface area (Å²) in [5, 5.41) is 3.84. The van der Waals surface area contributed by atoms with Gasteiger partial charge in [0.25, 0.3) is 5.91 Å². The topological polar surface area (TPSA) is 70.2 Å². The van der Waals surface area contributed by atoms with Crippen LogP contribution in [0.3, 0.4) is 0 Å². The summed E-state index contributed by atoms with van der Waals surface area (Å²) in [5.41, 5.74) is 2.43. The number of aromatic nitrogens is 1. The Balaban J connectivity index is 1.09. The standard InChI is InChI=1S/C28H39N5O3/c1-3-4-26(34)32-8-6-22(17-32)33-15-21(16-33)20-13-19(2)27-24(14-20)30-28-23(18-36-27)25(5-7-29-28)31-9-11-35-12-10-31/h5,7,19-22,24,27H,6,8-18H2,1-2H3,(H,29,30)/t19-,20?,22?,24?,27?/m0/s1. The predicted molar refractivity (Wildman–Crippen MR) is 139 cm³/mol. The number of carbonyl (C=O) groups excluding carboxylic acids is 1. The van der Waals surface area contributed by atoms with Crippen LogP contribution in [0, 0.1) is 29.6 Å². The van der Waals surface area contributed by atoms with Crippen LogP contribution in [0.5, 0.6) is 0 Å². The Bertz CT molecular complexity index is 1030. The monoisotopic (exact) mass is 493 g/mol. The molecule has 0 aromatic carbocycles. The summed E-state index contributed by atoms with van der Waals surface area (Å²) >= 11 is 0. The van der Waals surface area contributed by atoms with E-state index in [2.05, 4.69) is 39.9 Å². The number of anilines is 2. The molecular weight excluding hydrogens is 454 g/mol. The largest absolute Gasteiger partial charge is 0.378 e. The van der Waals surface area contributed by atoms with Gasteiger partial charge in [0, 0.05) is 62.8 Å². The van der Waals surface area contributed by atoms with Crippen LogP contribution >= 0.6 is 0 Å². The van der Waals surface area contributed by atoms with E-state index in [-0.39, 0.29) is 12.0 Å². The van der Waals surface area contributed by atoms with Crippen molar-refractivity contribution >= 4 is 17.4 Å². The molecule has 8 nitrogen and oxygen atoms in total. The Morgan fingerprint density at radius 2 is 1.97 bits per heavy atom. The van der Waals surface area contributed by atoms with Crippen LogP contribution in [0.25, 0.3) is 0 Å². The normalized spacial score (nSPS) is 32.9.